The summed E-state index contributed by atoms with van der Waals surface area (Å²) in [6.45, 7) is 0.200. The zero-order chi connectivity index (χ0) is 17.1. The van der Waals surface area contributed by atoms with Gasteiger partial charge >= 0.3 is 18.5 Å². The van der Waals surface area contributed by atoms with Crippen molar-refractivity contribution in [2.75, 3.05) is 6.61 Å². The molecule has 0 aromatic carbocycles. The van der Waals surface area contributed by atoms with Crippen molar-refractivity contribution in [2.45, 2.75) is 26.0 Å². The molecule has 0 amide bonds. The Morgan fingerprint density at radius 2 is 1.86 bits per heavy atom. The van der Waals surface area contributed by atoms with Gasteiger partial charge in [-0.15, -0.1) is 13.2 Å². The van der Waals surface area contributed by atoms with Gasteiger partial charge in [0.15, 0.2) is 0 Å². The summed E-state index contributed by atoms with van der Waals surface area (Å²) in [6, 6.07) is 0.216. The maximum Gasteiger partial charge on any atom is 0.574 e. The topological polar surface area (TPSA) is 74.4 Å². The second-order valence-electron chi connectivity index (χ2n) is 3.80. The predicted molar refractivity (Wildman–Crippen MR) is 59.8 cm³/mol. The standard InChI is InChI=1S/C11H10F6N2O3/c1-2-21-9(20)5-3-7(22-11(15,16)17)19-6(4-18)8(5)10(12,13)14/h3H,2,4,18H2,1H3. The van der Waals surface area contributed by atoms with Gasteiger partial charge in [-0.2, -0.15) is 13.2 Å². The second kappa shape index (κ2) is 6.38. The Kier molecular flexibility index (Phi) is 5.22. The number of hydrogen-bond donors (Lipinski definition) is 1. The second-order valence-corrected chi connectivity index (χ2v) is 3.80. The Morgan fingerprint density at radius 1 is 1.27 bits per heavy atom. The van der Waals surface area contributed by atoms with Gasteiger partial charge in [-0.3, -0.25) is 0 Å². The molecule has 1 heterocycles. The number of halogens is 6. The number of rotatable bonds is 4. The third-order valence-corrected chi connectivity index (χ3v) is 2.26. The minimum atomic E-state index is -5.19. The average molecular weight is 332 g/mol. The van der Waals surface area contributed by atoms with Gasteiger partial charge in [-0.25, -0.2) is 9.78 Å². The van der Waals surface area contributed by atoms with Gasteiger partial charge in [0.1, 0.15) is 0 Å². The molecule has 1 rings (SSSR count). The van der Waals surface area contributed by atoms with Crippen molar-refractivity contribution in [2.24, 2.45) is 5.73 Å². The van der Waals surface area contributed by atoms with Gasteiger partial charge in [-0.05, 0) is 6.92 Å². The molecule has 1 aromatic heterocycles. The molecule has 0 aliphatic carbocycles. The normalized spacial score (nSPS) is 12.2. The summed E-state index contributed by atoms with van der Waals surface area (Å²) in [5.41, 5.74) is 1.41. The van der Waals surface area contributed by atoms with Gasteiger partial charge in [0.05, 0.1) is 23.4 Å². The first-order valence-corrected chi connectivity index (χ1v) is 5.73. The third-order valence-electron chi connectivity index (χ3n) is 2.26. The minimum absolute atomic E-state index is 0.216. The molecule has 0 aliphatic rings. The molecule has 0 radical (unpaired) electrons. The van der Waals surface area contributed by atoms with E-state index < -0.39 is 47.8 Å². The van der Waals surface area contributed by atoms with Crippen LogP contribution in [-0.4, -0.2) is 23.9 Å². The molecule has 0 atom stereocenters. The van der Waals surface area contributed by atoms with E-state index in [0.717, 1.165) is 0 Å². The molecule has 11 heteroatoms. The van der Waals surface area contributed by atoms with E-state index in [9.17, 15) is 31.1 Å². The Labute approximate surface area is 120 Å². The number of nitrogens with zero attached hydrogens (tertiary/aromatic N) is 1. The zero-order valence-electron chi connectivity index (χ0n) is 11.0. The fraction of sp³-hybridized carbons (Fsp3) is 0.455. The molecule has 0 bridgehead atoms. The summed E-state index contributed by atoms with van der Waals surface area (Å²) in [5, 5.41) is 0. The maximum atomic E-state index is 13.0. The highest BCUT2D eigenvalue weighted by molar-refractivity contribution is 5.92. The lowest BCUT2D eigenvalue weighted by atomic mass is 10.1. The van der Waals surface area contributed by atoms with E-state index in [4.69, 9.17) is 5.73 Å². The van der Waals surface area contributed by atoms with Crippen LogP contribution in [0.2, 0.25) is 0 Å². The van der Waals surface area contributed by atoms with Crippen LogP contribution in [0.15, 0.2) is 6.07 Å². The van der Waals surface area contributed by atoms with E-state index in [1.54, 1.807) is 0 Å². The van der Waals surface area contributed by atoms with E-state index in [0.29, 0.717) is 0 Å². The van der Waals surface area contributed by atoms with Crippen LogP contribution < -0.4 is 10.5 Å². The summed E-state index contributed by atoms with van der Waals surface area (Å²) >= 11 is 0. The van der Waals surface area contributed by atoms with Crippen molar-refractivity contribution in [1.29, 1.82) is 0 Å². The number of hydrogen-bond acceptors (Lipinski definition) is 5. The number of aromatic nitrogens is 1. The van der Waals surface area contributed by atoms with Crippen LogP contribution in [0.5, 0.6) is 5.88 Å². The van der Waals surface area contributed by atoms with E-state index >= 15 is 0 Å². The summed E-state index contributed by atoms with van der Waals surface area (Å²) in [5.74, 6) is -2.69. The zero-order valence-corrected chi connectivity index (χ0v) is 11.0. The quantitative estimate of drug-likeness (QED) is 0.678. The molecule has 5 nitrogen and oxygen atoms in total. The summed E-state index contributed by atoms with van der Waals surface area (Å²) in [7, 11) is 0. The van der Waals surface area contributed by atoms with Crippen molar-refractivity contribution in [3.8, 4) is 5.88 Å². The summed E-state index contributed by atoms with van der Waals surface area (Å²) in [6.07, 6.45) is -10.2. The monoisotopic (exact) mass is 332 g/mol. The molecule has 1 aromatic rings. The molecule has 0 spiro atoms. The van der Waals surface area contributed by atoms with Crippen molar-refractivity contribution in [3.63, 3.8) is 0 Å². The molecule has 0 saturated carbocycles. The van der Waals surface area contributed by atoms with Gasteiger partial charge in [0.25, 0.3) is 0 Å². The van der Waals surface area contributed by atoms with Gasteiger partial charge in [-0.1, -0.05) is 0 Å². The van der Waals surface area contributed by atoms with Crippen LogP contribution in [0, 0.1) is 0 Å². The number of ether oxygens (including phenoxy) is 2. The van der Waals surface area contributed by atoms with E-state index in [1.807, 2.05) is 0 Å². The van der Waals surface area contributed by atoms with Crippen LogP contribution in [-0.2, 0) is 17.5 Å². The fourth-order valence-corrected chi connectivity index (χ4v) is 1.58. The van der Waals surface area contributed by atoms with Crippen molar-refractivity contribution < 1.29 is 40.6 Å². The number of alkyl halides is 6. The minimum Gasteiger partial charge on any atom is -0.462 e. The van der Waals surface area contributed by atoms with Crippen molar-refractivity contribution >= 4 is 5.97 Å². The lowest BCUT2D eigenvalue weighted by Gasteiger charge is -2.17. The van der Waals surface area contributed by atoms with Crippen LogP contribution in [0.4, 0.5) is 26.3 Å². The highest BCUT2D eigenvalue weighted by Crippen LogP contribution is 2.36. The maximum absolute atomic E-state index is 13.0. The van der Waals surface area contributed by atoms with Crippen LogP contribution >= 0.6 is 0 Å². The first-order chi connectivity index (χ1) is 9.99. The number of carbonyl (C=O) groups is 1. The molecule has 0 fully saturated rings. The molecule has 0 unspecified atom stereocenters. The summed E-state index contributed by atoms with van der Waals surface area (Å²) < 4.78 is 83.3. The van der Waals surface area contributed by atoms with Gasteiger partial charge in [0.2, 0.25) is 5.88 Å². The van der Waals surface area contributed by atoms with Gasteiger partial charge in [0, 0.05) is 12.6 Å². The average Bonchev–Trinajstić information content (AvgIpc) is 2.34. The fourth-order valence-electron chi connectivity index (χ4n) is 1.58. The molecule has 2 N–H and O–H groups in total. The Bertz CT molecular complexity index is 556. The van der Waals surface area contributed by atoms with E-state index in [1.165, 1.54) is 6.92 Å². The van der Waals surface area contributed by atoms with Crippen LogP contribution in [0.25, 0.3) is 0 Å². The van der Waals surface area contributed by atoms with Crippen molar-refractivity contribution in [3.05, 3.63) is 22.9 Å². The Hall–Kier alpha value is -2.04. The predicted octanol–water partition coefficient (Wildman–Crippen LogP) is 2.63. The Balaban J connectivity index is 3.52. The Morgan fingerprint density at radius 3 is 2.27 bits per heavy atom. The largest absolute Gasteiger partial charge is 0.574 e. The highest BCUT2D eigenvalue weighted by Gasteiger charge is 2.41. The lowest BCUT2D eigenvalue weighted by Crippen LogP contribution is -2.23. The smallest absolute Gasteiger partial charge is 0.462 e. The molecule has 124 valence electrons. The molecule has 0 aliphatic heterocycles. The molecular weight excluding hydrogens is 322 g/mol. The number of pyridine rings is 1. The number of esters is 1. The van der Waals surface area contributed by atoms with Crippen molar-refractivity contribution in [1.82, 2.24) is 4.98 Å². The molecular formula is C11H10F6N2O3. The van der Waals surface area contributed by atoms with E-state index in [-0.39, 0.29) is 12.7 Å². The summed E-state index contributed by atoms with van der Waals surface area (Å²) in [4.78, 5) is 14.6. The van der Waals surface area contributed by atoms with Crippen LogP contribution in [0.3, 0.4) is 0 Å². The SMILES string of the molecule is CCOC(=O)c1cc(OC(F)(F)F)nc(CN)c1C(F)(F)F. The first kappa shape index (κ1) is 18.0. The lowest BCUT2D eigenvalue weighted by molar-refractivity contribution is -0.276. The van der Waals surface area contributed by atoms with E-state index in [2.05, 4.69) is 14.5 Å². The highest BCUT2D eigenvalue weighted by atomic mass is 19.4. The number of nitrogens with two attached hydrogens (primary N) is 1. The van der Waals surface area contributed by atoms with Gasteiger partial charge < -0.3 is 15.2 Å². The number of carbonyl (C=O) groups excluding carboxylic acids is 1. The molecule has 22 heavy (non-hydrogen) atoms. The molecule has 0 saturated heterocycles. The van der Waals surface area contributed by atoms with Crippen LogP contribution in [0.1, 0.15) is 28.5 Å². The first-order valence-electron chi connectivity index (χ1n) is 5.73. The third kappa shape index (κ3) is 4.48.